The van der Waals surface area contributed by atoms with Crippen LogP contribution in [0.4, 0.5) is 0 Å². The van der Waals surface area contributed by atoms with Crippen LogP contribution in [0.25, 0.3) is 0 Å². The first-order valence-electron chi connectivity index (χ1n) is 0.993. The smallest absolute Gasteiger partial charge is 0.214 e. The van der Waals surface area contributed by atoms with Gasteiger partial charge in [-0.2, -0.15) is 0 Å². The van der Waals surface area contributed by atoms with Crippen LogP contribution in [0.2, 0.25) is 0 Å². The molecule has 0 aliphatic carbocycles. The molecular weight excluding hydrogens is 78.3 g/mol. The van der Waals surface area contributed by atoms with Gasteiger partial charge in [0.25, 0.3) is 0 Å². The minimum Gasteiger partial charge on any atom is -0.370 e. The molecule has 0 aliphatic heterocycles. The van der Waals surface area contributed by atoms with Crippen molar-refractivity contribution in [2.24, 2.45) is 5.73 Å². The van der Waals surface area contributed by atoms with Gasteiger partial charge in [-0.3, -0.25) is 4.79 Å². The van der Waals surface area contributed by atoms with E-state index in [1.54, 1.807) is 0 Å². The summed E-state index contributed by atoms with van der Waals surface area (Å²) in [5, 5.41) is 0. The van der Waals surface area contributed by atoms with Crippen LogP contribution < -0.4 is 5.73 Å². The van der Waals surface area contributed by atoms with Crippen molar-refractivity contribution in [1.29, 1.82) is 0 Å². The Morgan fingerprint density at radius 3 is 1.80 bits per heavy atom. The third kappa shape index (κ3) is 380. The summed E-state index contributed by atoms with van der Waals surface area (Å²) in [5.74, 6) is -0.333. The lowest BCUT2D eigenvalue weighted by atomic mass is 10.8. The van der Waals surface area contributed by atoms with E-state index in [4.69, 9.17) is 0 Å². The van der Waals surface area contributed by atoms with Gasteiger partial charge in [0.05, 0.1) is 0 Å². The Hall–Kier alpha value is 0.236. The first-order valence-corrected chi connectivity index (χ1v) is 0.993. The van der Waals surface area contributed by atoms with E-state index in [1.807, 2.05) is 0 Å². The lowest BCUT2D eigenvalue weighted by molar-refractivity contribution is -0.115. The molecule has 0 aliphatic rings. The number of rotatable bonds is 0. The lowest BCUT2D eigenvalue weighted by Gasteiger charge is -1.60. The number of amides is 1. The summed E-state index contributed by atoms with van der Waals surface area (Å²) in [6.45, 7) is 1.31. The Morgan fingerprint density at radius 1 is 1.80 bits per heavy atom. The number of hydrogen-bond acceptors (Lipinski definition) is 1. The van der Waals surface area contributed by atoms with E-state index in [0.29, 0.717) is 0 Å². The second-order valence-corrected chi connectivity index (χ2v) is 0.611. The molecule has 2 N–H and O–H groups in total. The van der Waals surface area contributed by atoms with Gasteiger partial charge < -0.3 is 5.73 Å². The minimum atomic E-state index is -0.333. The maximum atomic E-state index is 9.22. The van der Waals surface area contributed by atoms with Crippen LogP contribution >= 0.6 is 0 Å². The van der Waals surface area contributed by atoms with Crippen molar-refractivity contribution in [3.63, 3.8) is 0 Å². The van der Waals surface area contributed by atoms with Crippen molar-refractivity contribution in [2.45, 2.75) is 6.92 Å². The van der Waals surface area contributed by atoms with E-state index in [-0.39, 0.29) is 29.0 Å². The lowest BCUT2D eigenvalue weighted by Crippen LogP contribution is -2.01. The maximum absolute atomic E-state index is 9.22. The summed E-state index contributed by atoms with van der Waals surface area (Å²) in [6, 6.07) is 0. The molecule has 2 radical (unpaired) electrons. The number of carbonyl (C=O) groups is 1. The minimum absolute atomic E-state index is 0. The fourth-order valence-electron chi connectivity index (χ4n) is 0. The highest BCUT2D eigenvalue weighted by atomic mass is 24.3. The third-order valence-electron chi connectivity index (χ3n) is 0. The number of hydrogen-bond donors (Lipinski definition) is 1. The summed E-state index contributed by atoms with van der Waals surface area (Å²) in [5.41, 5.74) is 4.47. The second kappa shape index (κ2) is 4.24. The van der Waals surface area contributed by atoms with Gasteiger partial charge in [-0.1, -0.05) is 0 Å². The van der Waals surface area contributed by atoms with Gasteiger partial charge >= 0.3 is 0 Å². The predicted octanol–water partition coefficient (Wildman–Crippen LogP) is -0.889. The molecule has 0 aromatic rings. The average Bonchev–Trinajstić information content (AvgIpc) is 0.811. The Balaban J connectivity index is 0. The maximum Gasteiger partial charge on any atom is 0.214 e. The summed E-state index contributed by atoms with van der Waals surface area (Å²) < 4.78 is 0. The predicted molar refractivity (Wildman–Crippen MR) is 20.6 cm³/mol. The highest BCUT2D eigenvalue weighted by molar-refractivity contribution is 5.75. The van der Waals surface area contributed by atoms with Gasteiger partial charge in [0.2, 0.25) is 5.91 Å². The summed E-state index contributed by atoms with van der Waals surface area (Å²) in [6.07, 6.45) is 0. The van der Waals surface area contributed by atoms with Crippen molar-refractivity contribution in [1.82, 2.24) is 0 Å². The van der Waals surface area contributed by atoms with Crippen molar-refractivity contribution < 1.29 is 4.79 Å². The molecule has 0 saturated carbocycles. The Morgan fingerprint density at radius 2 is 1.80 bits per heavy atom. The summed E-state index contributed by atoms with van der Waals surface area (Å²) in [4.78, 5) is 9.22. The molecule has 0 aromatic heterocycles. The molecule has 0 saturated heterocycles. The van der Waals surface area contributed by atoms with Crippen LogP contribution in [0, 0.1) is 0 Å². The van der Waals surface area contributed by atoms with Gasteiger partial charge in [0.15, 0.2) is 0 Å². The van der Waals surface area contributed by atoms with Crippen molar-refractivity contribution in [2.75, 3.05) is 0 Å². The first-order chi connectivity index (χ1) is 1.73. The quantitative estimate of drug-likeness (QED) is 0.379. The molecule has 0 rings (SSSR count). The SMILES string of the molecule is CC(N)=O.[Mg]. The second-order valence-electron chi connectivity index (χ2n) is 0.611. The van der Waals surface area contributed by atoms with Gasteiger partial charge in [0, 0.05) is 30.0 Å². The summed E-state index contributed by atoms with van der Waals surface area (Å²) in [7, 11) is 0. The van der Waals surface area contributed by atoms with Gasteiger partial charge in [-0.25, -0.2) is 0 Å². The molecule has 0 aromatic carbocycles. The molecule has 0 fully saturated rings. The molecule has 1 amide bonds. The van der Waals surface area contributed by atoms with Gasteiger partial charge in [-0.15, -0.1) is 0 Å². The number of nitrogens with two attached hydrogens (primary N) is 1. The van der Waals surface area contributed by atoms with E-state index in [9.17, 15) is 4.79 Å². The van der Waals surface area contributed by atoms with Crippen LogP contribution in [0.3, 0.4) is 0 Å². The molecule has 2 nitrogen and oxygen atoms in total. The largest absolute Gasteiger partial charge is 0.370 e. The first kappa shape index (κ1) is 8.97. The molecule has 0 spiro atoms. The highest BCUT2D eigenvalue weighted by Crippen LogP contribution is 1.33. The molecule has 5 heavy (non-hydrogen) atoms. The average molecular weight is 83.4 g/mol. The molecule has 26 valence electrons. The number of primary amides is 1. The Kier molecular flexibility index (Phi) is 7.60. The number of carbonyl (C=O) groups excluding carboxylic acids is 1. The van der Waals surface area contributed by atoms with E-state index in [1.165, 1.54) is 6.92 Å². The Labute approximate surface area is 46.9 Å². The monoisotopic (exact) mass is 83.0 g/mol. The zero-order valence-corrected chi connectivity index (χ0v) is 4.61. The standard InChI is InChI=1S/C2H5NO.Mg/c1-2(3)4;/h1H3,(H2,3,4);. The normalized spacial score (nSPS) is 5.00. The fourth-order valence-corrected chi connectivity index (χ4v) is 0. The fraction of sp³-hybridized carbons (Fsp3) is 0.500. The third-order valence-corrected chi connectivity index (χ3v) is 0. The molecule has 0 bridgehead atoms. The molecule has 0 unspecified atom stereocenters. The van der Waals surface area contributed by atoms with Crippen LogP contribution in [0.1, 0.15) is 6.92 Å². The van der Waals surface area contributed by atoms with Crippen LogP contribution in [-0.4, -0.2) is 29.0 Å². The van der Waals surface area contributed by atoms with Crippen LogP contribution in [-0.2, 0) is 4.79 Å². The van der Waals surface area contributed by atoms with E-state index in [2.05, 4.69) is 5.73 Å². The van der Waals surface area contributed by atoms with Crippen LogP contribution in [0.5, 0.6) is 0 Å². The van der Waals surface area contributed by atoms with Gasteiger partial charge in [0.1, 0.15) is 0 Å². The van der Waals surface area contributed by atoms with E-state index < -0.39 is 0 Å². The molecular formula is C2H5MgNO. The van der Waals surface area contributed by atoms with E-state index in [0.717, 1.165) is 0 Å². The molecule has 3 heteroatoms. The Bertz CT molecular complexity index is 32.6. The van der Waals surface area contributed by atoms with E-state index >= 15 is 0 Å². The molecule has 0 atom stereocenters. The van der Waals surface area contributed by atoms with Crippen LogP contribution in [0.15, 0.2) is 0 Å². The zero-order chi connectivity index (χ0) is 3.58. The molecule has 0 heterocycles. The van der Waals surface area contributed by atoms with Crippen molar-refractivity contribution in [3.05, 3.63) is 0 Å². The topological polar surface area (TPSA) is 43.1 Å². The zero-order valence-electron chi connectivity index (χ0n) is 3.19. The van der Waals surface area contributed by atoms with Crippen molar-refractivity contribution in [3.8, 4) is 0 Å². The summed E-state index contributed by atoms with van der Waals surface area (Å²) >= 11 is 0. The van der Waals surface area contributed by atoms with Gasteiger partial charge in [-0.05, 0) is 0 Å². The highest BCUT2D eigenvalue weighted by Gasteiger charge is 1.61. The van der Waals surface area contributed by atoms with Crippen molar-refractivity contribution >= 4 is 29.0 Å².